The Balaban J connectivity index is 2.08. The fourth-order valence-electron chi connectivity index (χ4n) is 1.54. The lowest BCUT2D eigenvalue weighted by Gasteiger charge is -2.07. The van der Waals surface area contributed by atoms with E-state index in [9.17, 15) is 4.39 Å². The predicted molar refractivity (Wildman–Crippen MR) is 70.6 cm³/mol. The van der Waals surface area contributed by atoms with Crippen molar-refractivity contribution in [2.45, 2.75) is 20.4 Å². The Morgan fingerprint density at radius 2 is 2.00 bits per heavy atom. The van der Waals surface area contributed by atoms with Crippen LogP contribution in [0.2, 0.25) is 0 Å². The second kappa shape index (κ2) is 6.24. The van der Waals surface area contributed by atoms with Crippen LogP contribution in [0.15, 0.2) is 30.6 Å². The van der Waals surface area contributed by atoms with Gasteiger partial charge >= 0.3 is 6.01 Å². The third kappa shape index (κ3) is 3.72. The van der Waals surface area contributed by atoms with Crippen molar-refractivity contribution in [3.63, 3.8) is 0 Å². The summed E-state index contributed by atoms with van der Waals surface area (Å²) < 4.78 is 18.6. The van der Waals surface area contributed by atoms with Crippen molar-refractivity contribution in [3.8, 4) is 11.8 Å². The van der Waals surface area contributed by atoms with Gasteiger partial charge in [0.25, 0.3) is 0 Å². The molecule has 0 saturated heterocycles. The Morgan fingerprint density at radius 3 is 2.68 bits per heavy atom. The van der Waals surface area contributed by atoms with E-state index >= 15 is 0 Å². The van der Waals surface area contributed by atoms with Crippen molar-refractivity contribution in [2.24, 2.45) is 0 Å². The second-order valence-corrected chi connectivity index (χ2v) is 4.17. The van der Waals surface area contributed by atoms with Crippen LogP contribution in [0.1, 0.15) is 18.1 Å². The number of hydrogen-bond acceptors (Lipinski definition) is 4. The highest BCUT2D eigenvalue weighted by Crippen LogP contribution is 2.23. The van der Waals surface area contributed by atoms with Crippen molar-refractivity contribution in [3.05, 3.63) is 47.5 Å². The van der Waals surface area contributed by atoms with Crippen molar-refractivity contribution < 1.29 is 9.13 Å². The molecule has 100 valence electrons. The summed E-state index contributed by atoms with van der Waals surface area (Å²) in [6.07, 6.45) is 3.39. The number of aryl methyl sites for hydroxylation is 1. The monoisotopic (exact) mass is 261 g/mol. The molecule has 0 aliphatic rings. The van der Waals surface area contributed by atoms with Crippen molar-refractivity contribution >= 4 is 0 Å². The maximum absolute atomic E-state index is 13.1. The zero-order valence-electron chi connectivity index (χ0n) is 11.0. The smallest absolute Gasteiger partial charge is 0.321 e. The highest BCUT2D eigenvalue weighted by Gasteiger charge is 2.05. The molecule has 0 bridgehead atoms. The normalized spacial score (nSPS) is 10.5. The Kier molecular flexibility index (Phi) is 4.41. The van der Waals surface area contributed by atoms with E-state index in [1.165, 1.54) is 12.1 Å². The van der Waals surface area contributed by atoms with Gasteiger partial charge in [0.1, 0.15) is 11.6 Å². The molecule has 0 radical (unpaired) electrons. The minimum atomic E-state index is -0.343. The molecular weight excluding hydrogens is 245 g/mol. The minimum absolute atomic E-state index is 0.217. The van der Waals surface area contributed by atoms with Gasteiger partial charge in [-0.2, -0.15) is 0 Å². The lowest BCUT2D eigenvalue weighted by molar-refractivity contribution is 0.433. The van der Waals surface area contributed by atoms with Gasteiger partial charge in [-0.3, -0.25) is 0 Å². The maximum atomic E-state index is 13.1. The van der Waals surface area contributed by atoms with Crippen LogP contribution in [0.4, 0.5) is 4.39 Å². The summed E-state index contributed by atoms with van der Waals surface area (Å²) >= 11 is 0. The van der Waals surface area contributed by atoms with E-state index < -0.39 is 0 Å². The number of aromatic nitrogens is 2. The molecule has 0 aliphatic heterocycles. The molecule has 1 aromatic heterocycles. The average Bonchev–Trinajstić information content (AvgIpc) is 2.42. The van der Waals surface area contributed by atoms with Gasteiger partial charge in [0.15, 0.2) is 0 Å². The minimum Gasteiger partial charge on any atom is -0.424 e. The Bertz CT molecular complexity index is 543. The molecule has 0 unspecified atom stereocenters. The first-order valence-corrected chi connectivity index (χ1v) is 6.14. The maximum Gasteiger partial charge on any atom is 0.321 e. The van der Waals surface area contributed by atoms with Gasteiger partial charge in [-0.1, -0.05) is 13.0 Å². The van der Waals surface area contributed by atoms with Crippen molar-refractivity contribution in [1.29, 1.82) is 0 Å². The van der Waals surface area contributed by atoms with E-state index in [1.54, 1.807) is 18.5 Å². The van der Waals surface area contributed by atoms with E-state index in [-0.39, 0.29) is 11.8 Å². The van der Waals surface area contributed by atoms with Gasteiger partial charge in [-0.25, -0.2) is 14.4 Å². The molecule has 2 aromatic rings. The number of benzene rings is 1. The van der Waals surface area contributed by atoms with Crippen LogP contribution < -0.4 is 10.1 Å². The van der Waals surface area contributed by atoms with E-state index in [2.05, 4.69) is 15.3 Å². The predicted octanol–water partition coefficient (Wildman–Crippen LogP) is 2.83. The highest BCUT2D eigenvalue weighted by molar-refractivity contribution is 5.34. The molecule has 0 spiro atoms. The molecule has 0 atom stereocenters. The number of ether oxygens (including phenoxy) is 1. The summed E-state index contributed by atoms with van der Waals surface area (Å²) in [5, 5.41) is 3.18. The summed E-state index contributed by atoms with van der Waals surface area (Å²) in [6.45, 7) is 5.48. The summed E-state index contributed by atoms with van der Waals surface area (Å²) in [7, 11) is 0. The zero-order valence-corrected chi connectivity index (χ0v) is 11.0. The SMILES string of the molecule is CCNCc1cnc(Oc2cc(F)ccc2C)nc1. The Morgan fingerprint density at radius 1 is 1.26 bits per heavy atom. The molecule has 19 heavy (non-hydrogen) atoms. The number of nitrogens with one attached hydrogen (secondary N) is 1. The molecule has 0 saturated carbocycles. The first-order chi connectivity index (χ1) is 9.19. The fraction of sp³-hybridized carbons (Fsp3) is 0.286. The number of rotatable bonds is 5. The highest BCUT2D eigenvalue weighted by atomic mass is 19.1. The Hall–Kier alpha value is -2.01. The molecule has 0 fully saturated rings. The molecule has 0 amide bonds. The summed E-state index contributed by atoms with van der Waals surface area (Å²) in [5.74, 6) is 0.0869. The Labute approximate surface area is 111 Å². The largest absolute Gasteiger partial charge is 0.424 e. The van der Waals surface area contributed by atoms with Gasteiger partial charge in [0.05, 0.1) is 0 Å². The molecule has 5 heteroatoms. The van der Waals surface area contributed by atoms with Crippen molar-refractivity contribution in [1.82, 2.24) is 15.3 Å². The van der Waals surface area contributed by atoms with Crippen LogP contribution in [-0.2, 0) is 6.54 Å². The van der Waals surface area contributed by atoms with Crippen LogP contribution >= 0.6 is 0 Å². The second-order valence-electron chi connectivity index (χ2n) is 4.17. The van der Waals surface area contributed by atoms with Crippen LogP contribution in [0.25, 0.3) is 0 Å². The zero-order chi connectivity index (χ0) is 13.7. The third-order valence-corrected chi connectivity index (χ3v) is 2.61. The van der Waals surface area contributed by atoms with Gasteiger partial charge in [-0.15, -0.1) is 0 Å². The molecule has 1 aromatic carbocycles. The molecule has 1 N–H and O–H groups in total. The van der Waals surface area contributed by atoms with Gasteiger partial charge < -0.3 is 10.1 Å². The van der Waals surface area contributed by atoms with Crippen molar-refractivity contribution in [2.75, 3.05) is 6.54 Å². The lowest BCUT2D eigenvalue weighted by Crippen LogP contribution is -2.12. The first kappa shape index (κ1) is 13.4. The standard InChI is InChI=1S/C14H16FN3O/c1-3-16-7-11-8-17-14(18-9-11)19-13-6-12(15)5-4-10(13)2/h4-6,8-9,16H,3,7H2,1-2H3. The summed E-state index contributed by atoms with van der Waals surface area (Å²) in [6, 6.07) is 4.59. The molecule has 0 aliphatic carbocycles. The third-order valence-electron chi connectivity index (χ3n) is 2.61. The number of nitrogens with zero attached hydrogens (tertiary/aromatic N) is 2. The summed E-state index contributed by atoms with van der Waals surface area (Å²) in [5.41, 5.74) is 1.81. The lowest BCUT2D eigenvalue weighted by atomic mass is 10.2. The van der Waals surface area contributed by atoms with Crippen LogP contribution in [-0.4, -0.2) is 16.5 Å². The molecule has 4 nitrogen and oxygen atoms in total. The molecule has 1 heterocycles. The van der Waals surface area contributed by atoms with Crippen LogP contribution in [0.5, 0.6) is 11.8 Å². The first-order valence-electron chi connectivity index (χ1n) is 6.14. The van der Waals surface area contributed by atoms with Crippen LogP contribution in [0.3, 0.4) is 0 Å². The van der Waals surface area contributed by atoms with Gasteiger partial charge in [-0.05, 0) is 25.1 Å². The van der Waals surface area contributed by atoms with Crippen LogP contribution in [0, 0.1) is 12.7 Å². The van der Waals surface area contributed by atoms with E-state index in [4.69, 9.17) is 4.74 Å². The number of halogens is 1. The molecule has 2 rings (SSSR count). The number of hydrogen-bond donors (Lipinski definition) is 1. The molecular formula is C14H16FN3O. The van der Waals surface area contributed by atoms with Gasteiger partial charge in [0.2, 0.25) is 0 Å². The summed E-state index contributed by atoms with van der Waals surface area (Å²) in [4.78, 5) is 8.20. The van der Waals surface area contributed by atoms with E-state index in [0.717, 1.165) is 24.2 Å². The fourth-order valence-corrected chi connectivity index (χ4v) is 1.54. The average molecular weight is 261 g/mol. The quantitative estimate of drug-likeness (QED) is 0.899. The topological polar surface area (TPSA) is 47.0 Å². The van der Waals surface area contributed by atoms with Gasteiger partial charge in [0, 0.05) is 30.6 Å². The van der Waals surface area contributed by atoms with E-state index in [0.29, 0.717) is 5.75 Å². The van der Waals surface area contributed by atoms with E-state index in [1.807, 2.05) is 13.8 Å².